The fourth-order valence-electron chi connectivity index (χ4n) is 1.55. The van der Waals surface area contributed by atoms with E-state index < -0.39 is 0 Å². The molecule has 1 rings (SSSR count). The Hall–Kier alpha value is -1.88. The maximum Gasteiger partial charge on any atom is 0.253 e. The molecule has 1 aromatic rings. The molecule has 0 aliphatic heterocycles. The van der Waals surface area contributed by atoms with Crippen molar-refractivity contribution in [3.63, 3.8) is 0 Å². The summed E-state index contributed by atoms with van der Waals surface area (Å²) >= 11 is 0. The first-order chi connectivity index (χ1) is 8.97. The first-order valence-electron chi connectivity index (χ1n) is 6.19. The van der Waals surface area contributed by atoms with Crippen LogP contribution in [0.2, 0.25) is 0 Å². The summed E-state index contributed by atoms with van der Waals surface area (Å²) in [5.74, 6) is -0.380. The van der Waals surface area contributed by atoms with Crippen LogP contribution in [0.3, 0.4) is 0 Å². The lowest BCUT2D eigenvalue weighted by Crippen LogP contribution is -2.32. The zero-order chi connectivity index (χ0) is 14.4. The van der Waals surface area contributed by atoms with Gasteiger partial charge in [0.1, 0.15) is 0 Å². The molecule has 2 N–H and O–H groups in total. The SMILES string of the molecule is CC(=O)N(C)c1ccccc1C(=O)NCC(C)CO. The van der Waals surface area contributed by atoms with E-state index in [1.165, 1.54) is 11.8 Å². The van der Waals surface area contributed by atoms with Crippen molar-refractivity contribution < 1.29 is 14.7 Å². The number of aliphatic hydroxyl groups is 1. The highest BCUT2D eigenvalue weighted by Gasteiger charge is 2.16. The number of nitrogens with zero attached hydrogens (tertiary/aromatic N) is 1. The first-order valence-corrected chi connectivity index (χ1v) is 6.19. The molecule has 0 saturated carbocycles. The Morgan fingerprint density at radius 3 is 2.58 bits per heavy atom. The molecule has 0 aliphatic carbocycles. The summed E-state index contributed by atoms with van der Waals surface area (Å²) in [7, 11) is 1.63. The van der Waals surface area contributed by atoms with Crippen LogP contribution in [0.4, 0.5) is 5.69 Å². The van der Waals surface area contributed by atoms with Gasteiger partial charge in [0, 0.05) is 27.1 Å². The normalized spacial score (nSPS) is 11.8. The summed E-state index contributed by atoms with van der Waals surface area (Å²) in [6.07, 6.45) is 0. The van der Waals surface area contributed by atoms with Gasteiger partial charge in [-0.2, -0.15) is 0 Å². The van der Waals surface area contributed by atoms with E-state index in [1.54, 1.807) is 31.3 Å². The second kappa shape index (κ2) is 6.89. The number of anilines is 1. The summed E-state index contributed by atoms with van der Waals surface area (Å²) in [5, 5.41) is 11.7. The standard InChI is InChI=1S/C14H20N2O3/c1-10(9-17)8-15-14(19)12-6-4-5-7-13(12)16(3)11(2)18/h4-7,10,17H,8-9H2,1-3H3,(H,15,19). The van der Waals surface area contributed by atoms with Crippen LogP contribution in [-0.4, -0.2) is 37.1 Å². The maximum atomic E-state index is 12.1. The second-order valence-electron chi connectivity index (χ2n) is 4.59. The van der Waals surface area contributed by atoms with Crippen LogP contribution in [0, 0.1) is 5.92 Å². The van der Waals surface area contributed by atoms with Crippen molar-refractivity contribution in [2.24, 2.45) is 5.92 Å². The van der Waals surface area contributed by atoms with Crippen LogP contribution in [0.25, 0.3) is 0 Å². The number of aliphatic hydroxyl groups excluding tert-OH is 1. The van der Waals surface area contributed by atoms with Crippen LogP contribution >= 0.6 is 0 Å². The molecule has 5 heteroatoms. The number of hydrogen-bond donors (Lipinski definition) is 2. The van der Waals surface area contributed by atoms with E-state index in [1.807, 2.05) is 6.92 Å². The van der Waals surface area contributed by atoms with Gasteiger partial charge < -0.3 is 15.3 Å². The lowest BCUT2D eigenvalue weighted by Gasteiger charge is -2.19. The Balaban J connectivity index is 2.88. The minimum atomic E-state index is -0.246. The van der Waals surface area contributed by atoms with Crippen LogP contribution in [-0.2, 0) is 4.79 Å². The molecule has 0 spiro atoms. The summed E-state index contributed by atoms with van der Waals surface area (Å²) in [6.45, 7) is 3.71. The van der Waals surface area contributed by atoms with Crippen molar-refractivity contribution in [2.75, 3.05) is 25.1 Å². The van der Waals surface area contributed by atoms with Crippen molar-refractivity contribution in [2.45, 2.75) is 13.8 Å². The lowest BCUT2D eigenvalue weighted by atomic mass is 10.1. The monoisotopic (exact) mass is 264 g/mol. The number of hydrogen-bond acceptors (Lipinski definition) is 3. The average Bonchev–Trinajstić information content (AvgIpc) is 2.43. The molecule has 1 aromatic carbocycles. The van der Waals surface area contributed by atoms with E-state index in [2.05, 4.69) is 5.32 Å². The number of rotatable bonds is 5. The zero-order valence-corrected chi connectivity index (χ0v) is 11.5. The molecular formula is C14H20N2O3. The smallest absolute Gasteiger partial charge is 0.253 e. The minimum Gasteiger partial charge on any atom is -0.396 e. The predicted octanol–water partition coefficient (Wildman–Crippen LogP) is 1.03. The molecule has 0 aromatic heterocycles. The average molecular weight is 264 g/mol. The van der Waals surface area contributed by atoms with Crippen LogP contribution < -0.4 is 10.2 Å². The van der Waals surface area contributed by atoms with E-state index in [0.29, 0.717) is 17.8 Å². The molecule has 0 bridgehead atoms. The van der Waals surface area contributed by atoms with Gasteiger partial charge >= 0.3 is 0 Å². The molecule has 0 saturated heterocycles. The first kappa shape index (κ1) is 15.2. The molecule has 1 unspecified atom stereocenters. The molecule has 1 atom stereocenters. The minimum absolute atomic E-state index is 0.00153. The molecular weight excluding hydrogens is 244 g/mol. The fraction of sp³-hybridized carbons (Fsp3) is 0.429. The van der Waals surface area contributed by atoms with Crippen LogP contribution in [0.15, 0.2) is 24.3 Å². The summed E-state index contributed by atoms with van der Waals surface area (Å²) in [4.78, 5) is 24.9. The van der Waals surface area contributed by atoms with Gasteiger partial charge in [-0.05, 0) is 18.1 Å². The topological polar surface area (TPSA) is 69.6 Å². The number of benzene rings is 1. The van der Waals surface area contributed by atoms with Crippen molar-refractivity contribution in [3.8, 4) is 0 Å². The Morgan fingerprint density at radius 2 is 2.00 bits per heavy atom. The lowest BCUT2D eigenvalue weighted by molar-refractivity contribution is -0.116. The largest absolute Gasteiger partial charge is 0.396 e. The highest BCUT2D eigenvalue weighted by molar-refractivity contribution is 6.04. The van der Waals surface area contributed by atoms with Gasteiger partial charge in [0.2, 0.25) is 5.91 Å². The number of amides is 2. The van der Waals surface area contributed by atoms with Crippen LogP contribution in [0.1, 0.15) is 24.2 Å². The molecule has 0 aliphatic rings. The van der Waals surface area contributed by atoms with Gasteiger partial charge in [-0.3, -0.25) is 9.59 Å². The van der Waals surface area contributed by atoms with Crippen LogP contribution in [0.5, 0.6) is 0 Å². The number of carbonyl (C=O) groups is 2. The number of para-hydroxylation sites is 1. The molecule has 0 radical (unpaired) electrons. The zero-order valence-electron chi connectivity index (χ0n) is 11.5. The molecule has 5 nitrogen and oxygen atoms in total. The fourth-order valence-corrected chi connectivity index (χ4v) is 1.55. The number of nitrogens with one attached hydrogen (secondary N) is 1. The third-order valence-corrected chi connectivity index (χ3v) is 2.91. The van der Waals surface area contributed by atoms with E-state index in [9.17, 15) is 9.59 Å². The van der Waals surface area contributed by atoms with E-state index in [-0.39, 0.29) is 24.3 Å². The quantitative estimate of drug-likeness (QED) is 0.834. The summed E-state index contributed by atoms with van der Waals surface area (Å²) in [6, 6.07) is 6.93. The molecule has 0 fully saturated rings. The van der Waals surface area contributed by atoms with Gasteiger partial charge in [-0.1, -0.05) is 19.1 Å². The van der Waals surface area contributed by atoms with Gasteiger partial charge in [0.05, 0.1) is 11.3 Å². The van der Waals surface area contributed by atoms with Gasteiger partial charge in [-0.15, -0.1) is 0 Å². The van der Waals surface area contributed by atoms with Crippen molar-refractivity contribution in [3.05, 3.63) is 29.8 Å². The summed E-state index contributed by atoms with van der Waals surface area (Å²) in [5.41, 5.74) is 1.02. The van der Waals surface area contributed by atoms with E-state index in [0.717, 1.165) is 0 Å². The molecule has 0 heterocycles. The highest BCUT2D eigenvalue weighted by Crippen LogP contribution is 2.19. The van der Waals surface area contributed by atoms with E-state index >= 15 is 0 Å². The third-order valence-electron chi connectivity index (χ3n) is 2.91. The molecule has 19 heavy (non-hydrogen) atoms. The second-order valence-corrected chi connectivity index (χ2v) is 4.59. The van der Waals surface area contributed by atoms with Gasteiger partial charge in [-0.25, -0.2) is 0 Å². The Morgan fingerprint density at radius 1 is 1.37 bits per heavy atom. The Labute approximate surface area is 113 Å². The predicted molar refractivity (Wildman–Crippen MR) is 74.1 cm³/mol. The maximum absolute atomic E-state index is 12.1. The number of carbonyl (C=O) groups excluding carboxylic acids is 2. The van der Waals surface area contributed by atoms with E-state index in [4.69, 9.17) is 5.11 Å². The Kier molecular flexibility index (Phi) is 5.51. The van der Waals surface area contributed by atoms with Crippen molar-refractivity contribution in [1.82, 2.24) is 5.32 Å². The molecule has 104 valence electrons. The molecule has 2 amide bonds. The highest BCUT2D eigenvalue weighted by atomic mass is 16.3. The van der Waals surface area contributed by atoms with Gasteiger partial charge in [0.25, 0.3) is 5.91 Å². The summed E-state index contributed by atoms with van der Waals surface area (Å²) < 4.78 is 0. The van der Waals surface area contributed by atoms with Crippen molar-refractivity contribution >= 4 is 17.5 Å². The van der Waals surface area contributed by atoms with Gasteiger partial charge in [0.15, 0.2) is 0 Å². The Bertz CT molecular complexity index is 460. The third kappa shape index (κ3) is 4.06. The van der Waals surface area contributed by atoms with Crippen molar-refractivity contribution in [1.29, 1.82) is 0 Å².